The van der Waals surface area contributed by atoms with Crippen molar-refractivity contribution in [3.8, 4) is 0 Å². The van der Waals surface area contributed by atoms with E-state index in [4.69, 9.17) is 9.52 Å². The molecule has 2 aromatic rings. The maximum atomic E-state index is 12.4. The number of carbonyl (C=O) groups is 2. The highest BCUT2D eigenvalue weighted by Gasteiger charge is 2.27. The van der Waals surface area contributed by atoms with Gasteiger partial charge >= 0.3 is 12.0 Å². The molecule has 3 N–H and O–H groups in total. The Labute approximate surface area is 155 Å². The van der Waals surface area contributed by atoms with Crippen molar-refractivity contribution in [1.82, 2.24) is 4.72 Å². The minimum atomic E-state index is -4.31. The number of carboxylic acid groups (broad SMARTS) is 1. The van der Waals surface area contributed by atoms with Gasteiger partial charge in [0.1, 0.15) is 6.26 Å². The molecule has 0 atom stereocenters. The van der Waals surface area contributed by atoms with Gasteiger partial charge in [-0.2, -0.15) is 8.42 Å². The third-order valence-electron chi connectivity index (χ3n) is 5.03. The molecule has 0 spiro atoms. The van der Waals surface area contributed by atoms with Gasteiger partial charge in [-0.3, -0.25) is 0 Å². The number of aromatic carboxylic acids is 1. The van der Waals surface area contributed by atoms with Crippen LogP contribution in [0.25, 0.3) is 0 Å². The molecule has 0 saturated heterocycles. The lowest BCUT2D eigenvalue weighted by Gasteiger charge is -2.16. The molecule has 4 rings (SSSR count). The number of furan rings is 1. The van der Waals surface area contributed by atoms with Gasteiger partial charge in [0.25, 0.3) is 10.0 Å². The van der Waals surface area contributed by atoms with Gasteiger partial charge in [-0.25, -0.2) is 14.3 Å². The number of amides is 2. The molecule has 0 unspecified atom stereocenters. The highest BCUT2D eigenvalue weighted by atomic mass is 32.2. The standard InChI is InChI=1S/C18H18N2O6S/c21-17(22)12-8-15(26-9-12)27(24,25)20-18(23)19-16-13-5-1-3-10(13)7-11-4-2-6-14(11)16/h7-9H,1-6H2,(H,21,22)(H2,19,20,23). The first-order valence-electron chi connectivity index (χ1n) is 8.67. The number of urea groups is 1. The number of hydrogen-bond acceptors (Lipinski definition) is 5. The molecule has 1 aromatic heterocycles. The zero-order chi connectivity index (χ0) is 19.2. The van der Waals surface area contributed by atoms with E-state index in [0.717, 1.165) is 67.7 Å². The summed E-state index contributed by atoms with van der Waals surface area (Å²) < 4.78 is 31.2. The molecule has 0 radical (unpaired) electrons. The van der Waals surface area contributed by atoms with Gasteiger partial charge in [0.15, 0.2) is 0 Å². The quantitative estimate of drug-likeness (QED) is 0.736. The minimum absolute atomic E-state index is 0.311. The van der Waals surface area contributed by atoms with Crippen molar-refractivity contribution in [2.45, 2.75) is 43.6 Å². The van der Waals surface area contributed by atoms with Gasteiger partial charge in [-0.05, 0) is 60.8 Å². The van der Waals surface area contributed by atoms with Gasteiger partial charge in [-0.1, -0.05) is 6.07 Å². The summed E-state index contributed by atoms with van der Waals surface area (Å²) in [5.74, 6) is -1.32. The van der Waals surface area contributed by atoms with Crippen LogP contribution in [0.3, 0.4) is 0 Å². The van der Waals surface area contributed by atoms with Gasteiger partial charge in [0.05, 0.1) is 5.56 Å². The number of hydrogen-bond donors (Lipinski definition) is 3. The molecule has 27 heavy (non-hydrogen) atoms. The number of sulfonamides is 1. The number of rotatable bonds is 4. The van der Waals surface area contributed by atoms with Crippen molar-refractivity contribution in [2.24, 2.45) is 0 Å². The van der Waals surface area contributed by atoms with Gasteiger partial charge in [-0.15, -0.1) is 0 Å². The van der Waals surface area contributed by atoms with E-state index in [2.05, 4.69) is 11.4 Å². The molecule has 0 fully saturated rings. The van der Waals surface area contributed by atoms with Gasteiger partial charge < -0.3 is 14.8 Å². The van der Waals surface area contributed by atoms with Gasteiger partial charge in [0.2, 0.25) is 5.09 Å². The first kappa shape index (κ1) is 17.6. The summed E-state index contributed by atoms with van der Waals surface area (Å²) in [7, 11) is -4.31. The monoisotopic (exact) mass is 390 g/mol. The number of anilines is 1. The Morgan fingerprint density at radius 3 is 2.19 bits per heavy atom. The number of nitrogens with one attached hydrogen (secondary N) is 2. The van der Waals surface area contributed by atoms with E-state index in [0.29, 0.717) is 0 Å². The molecule has 9 heteroatoms. The molecule has 142 valence electrons. The lowest BCUT2D eigenvalue weighted by atomic mass is 9.99. The van der Waals surface area contributed by atoms with Crippen LogP contribution >= 0.6 is 0 Å². The van der Waals surface area contributed by atoms with Crippen molar-refractivity contribution >= 4 is 27.7 Å². The average Bonchev–Trinajstić information content (AvgIpc) is 3.34. The van der Waals surface area contributed by atoms with Crippen LogP contribution in [0.2, 0.25) is 0 Å². The predicted molar refractivity (Wildman–Crippen MR) is 95.5 cm³/mol. The van der Waals surface area contributed by atoms with E-state index < -0.39 is 27.1 Å². The van der Waals surface area contributed by atoms with Crippen molar-refractivity contribution in [3.63, 3.8) is 0 Å². The minimum Gasteiger partial charge on any atom is -0.478 e. The van der Waals surface area contributed by atoms with E-state index >= 15 is 0 Å². The normalized spacial score (nSPS) is 15.3. The fourth-order valence-electron chi connectivity index (χ4n) is 3.85. The summed E-state index contributed by atoms with van der Waals surface area (Å²) in [6, 6.07) is 2.18. The summed E-state index contributed by atoms with van der Waals surface area (Å²) >= 11 is 0. The van der Waals surface area contributed by atoms with E-state index in [1.54, 1.807) is 0 Å². The van der Waals surface area contributed by atoms with Crippen LogP contribution in [0.15, 0.2) is 27.9 Å². The Balaban J connectivity index is 1.57. The van der Waals surface area contributed by atoms with E-state index in [9.17, 15) is 18.0 Å². The maximum absolute atomic E-state index is 12.4. The van der Waals surface area contributed by atoms with Gasteiger partial charge in [0, 0.05) is 11.8 Å². The fourth-order valence-corrected chi connectivity index (χ4v) is 4.70. The molecule has 0 aliphatic heterocycles. The number of carbonyl (C=O) groups excluding carboxylic acids is 1. The first-order valence-corrected chi connectivity index (χ1v) is 10.2. The van der Waals surface area contributed by atoms with Crippen LogP contribution in [-0.2, 0) is 35.7 Å². The predicted octanol–water partition coefficient (Wildman–Crippen LogP) is 2.47. The maximum Gasteiger partial charge on any atom is 0.339 e. The average molecular weight is 390 g/mol. The number of benzene rings is 1. The molecular formula is C18H18N2O6S. The zero-order valence-corrected chi connectivity index (χ0v) is 15.2. The van der Waals surface area contributed by atoms with Crippen LogP contribution in [-0.4, -0.2) is 25.5 Å². The highest BCUT2D eigenvalue weighted by Crippen LogP contribution is 2.38. The molecule has 2 aliphatic rings. The number of carboxylic acids is 1. The highest BCUT2D eigenvalue weighted by molar-refractivity contribution is 7.89. The largest absolute Gasteiger partial charge is 0.478 e. The Kier molecular flexibility index (Phi) is 4.18. The SMILES string of the molecule is O=C(Nc1c2c(cc3c1CCC3)CCC2)NS(=O)(=O)c1cc(C(=O)O)co1. The second-order valence-electron chi connectivity index (χ2n) is 6.75. The molecular weight excluding hydrogens is 372 g/mol. The molecule has 0 bridgehead atoms. The lowest BCUT2D eigenvalue weighted by molar-refractivity contribution is 0.0696. The van der Waals surface area contributed by atoms with Crippen molar-refractivity contribution < 1.29 is 27.5 Å². The van der Waals surface area contributed by atoms with Crippen LogP contribution in [0.1, 0.15) is 45.5 Å². The third kappa shape index (κ3) is 3.18. The Morgan fingerprint density at radius 2 is 1.63 bits per heavy atom. The third-order valence-corrected chi connectivity index (χ3v) is 6.22. The van der Waals surface area contributed by atoms with Crippen LogP contribution in [0.5, 0.6) is 0 Å². The Morgan fingerprint density at radius 1 is 1.00 bits per heavy atom. The lowest BCUT2D eigenvalue weighted by Crippen LogP contribution is -2.34. The topological polar surface area (TPSA) is 126 Å². The summed E-state index contributed by atoms with van der Waals surface area (Å²) in [6.07, 6.45) is 6.46. The van der Waals surface area contributed by atoms with Crippen LogP contribution in [0.4, 0.5) is 10.5 Å². The summed E-state index contributed by atoms with van der Waals surface area (Å²) in [5.41, 5.74) is 4.99. The van der Waals surface area contributed by atoms with Crippen molar-refractivity contribution in [2.75, 3.05) is 5.32 Å². The molecule has 2 aliphatic carbocycles. The van der Waals surface area contributed by atoms with Crippen LogP contribution in [0, 0.1) is 0 Å². The molecule has 1 heterocycles. The number of aryl methyl sites for hydroxylation is 2. The molecule has 2 amide bonds. The van der Waals surface area contributed by atoms with E-state index in [-0.39, 0.29) is 5.56 Å². The van der Waals surface area contributed by atoms with Crippen molar-refractivity contribution in [1.29, 1.82) is 0 Å². The first-order chi connectivity index (χ1) is 12.8. The fraction of sp³-hybridized carbons (Fsp3) is 0.333. The van der Waals surface area contributed by atoms with E-state index in [1.165, 1.54) is 11.1 Å². The Bertz CT molecular complexity index is 1020. The molecule has 0 saturated carbocycles. The second kappa shape index (κ2) is 6.41. The molecule has 8 nitrogen and oxygen atoms in total. The zero-order valence-electron chi connectivity index (χ0n) is 14.4. The summed E-state index contributed by atoms with van der Waals surface area (Å²) in [6.45, 7) is 0. The molecule has 1 aromatic carbocycles. The Hall–Kier alpha value is -2.81. The summed E-state index contributed by atoms with van der Waals surface area (Å²) in [4.78, 5) is 23.2. The van der Waals surface area contributed by atoms with E-state index in [1.807, 2.05) is 4.72 Å². The number of fused-ring (bicyclic) bond motifs is 2. The smallest absolute Gasteiger partial charge is 0.339 e. The second-order valence-corrected chi connectivity index (χ2v) is 8.37. The summed E-state index contributed by atoms with van der Waals surface area (Å²) in [5, 5.41) is 10.9. The van der Waals surface area contributed by atoms with Crippen LogP contribution < -0.4 is 10.0 Å². The van der Waals surface area contributed by atoms with Crippen molar-refractivity contribution in [3.05, 3.63) is 46.2 Å².